The predicted molar refractivity (Wildman–Crippen MR) is 64.4 cm³/mol. The second-order valence-corrected chi connectivity index (χ2v) is 5.74. The minimum absolute atomic E-state index is 0.0864. The molecule has 0 amide bonds. The maximum absolute atomic E-state index is 13.4. The molecule has 7 heteroatoms. The Kier molecular flexibility index (Phi) is 4.57. The molecule has 1 aromatic carbocycles. The molecule has 4 nitrogen and oxygen atoms in total. The third-order valence-corrected chi connectivity index (χ3v) is 4.03. The summed E-state index contributed by atoms with van der Waals surface area (Å²) in [5.41, 5.74) is 5.36. The van der Waals surface area contributed by atoms with E-state index in [0.717, 1.165) is 6.07 Å². The van der Waals surface area contributed by atoms with E-state index in [1.165, 1.54) is 23.9 Å². The quantitative estimate of drug-likeness (QED) is 0.616. The van der Waals surface area contributed by atoms with Gasteiger partial charge >= 0.3 is 0 Å². The maximum atomic E-state index is 13.4. The summed E-state index contributed by atoms with van der Waals surface area (Å²) in [5.74, 6) is -0.218. The van der Waals surface area contributed by atoms with Crippen LogP contribution in [0.4, 0.5) is 10.1 Å². The van der Waals surface area contributed by atoms with E-state index in [1.54, 1.807) is 0 Å². The Balaban J connectivity index is 2.98. The van der Waals surface area contributed by atoms with Crippen molar-refractivity contribution in [2.45, 2.75) is 4.90 Å². The Labute approximate surface area is 98.5 Å². The highest BCUT2D eigenvalue weighted by atomic mass is 32.2. The van der Waals surface area contributed by atoms with Crippen molar-refractivity contribution in [3.8, 4) is 0 Å². The maximum Gasteiger partial charge on any atom is 0.245 e. The van der Waals surface area contributed by atoms with Crippen LogP contribution in [0, 0.1) is 5.82 Å². The molecule has 16 heavy (non-hydrogen) atoms. The van der Waals surface area contributed by atoms with Crippen LogP contribution in [0.25, 0.3) is 0 Å². The lowest BCUT2D eigenvalue weighted by atomic mass is 10.3. The molecule has 0 spiro atoms. The summed E-state index contributed by atoms with van der Waals surface area (Å²) < 4.78 is 39.1. The summed E-state index contributed by atoms with van der Waals surface area (Å²) in [6, 6.07) is 3.79. The number of benzene rings is 1. The van der Waals surface area contributed by atoms with Gasteiger partial charge < -0.3 is 5.73 Å². The number of nitrogen functional groups attached to an aromatic ring is 1. The van der Waals surface area contributed by atoms with E-state index in [9.17, 15) is 12.8 Å². The Morgan fingerprint density at radius 3 is 2.75 bits per heavy atom. The number of sulfonamides is 1. The molecule has 0 saturated carbocycles. The molecule has 1 rings (SSSR count). The van der Waals surface area contributed by atoms with Crippen molar-refractivity contribution < 1.29 is 12.8 Å². The van der Waals surface area contributed by atoms with Gasteiger partial charge in [-0.2, -0.15) is 11.8 Å². The van der Waals surface area contributed by atoms with Crippen molar-refractivity contribution in [1.82, 2.24) is 4.72 Å². The predicted octanol–water partition coefficient (Wildman–Crippen LogP) is 1.05. The molecule has 0 heterocycles. The fraction of sp³-hybridized carbons (Fsp3) is 0.333. The summed E-state index contributed by atoms with van der Waals surface area (Å²) in [5, 5.41) is 0. The average molecular weight is 264 g/mol. The van der Waals surface area contributed by atoms with Gasteiger partial charge in [0.1, 0.15) is 10.7 Å². The zero-order chi connectivity index (χ0) is 12.2. The summed E-state index contributed by atoms with van der Waals surface area (Å²) in [4.78, 5) is -0.476. The lowest BCUT2D eigenvalue weighted by molar-refractivity contribution is 0.560. The van der Waals surface area contributed by atoms with Crippen LogP contribution < -0.4 is 10.5 Å². The lowest BCUT2D eigenvalue weighted by Crippen LogP contribution is -2.27. The minimum Gasteiger partial charge on any atom is -0.398 e. The van der Waals surface area contributed by atoms with Gasteiger partial charge in [0.25, 0.3) is 0 Å². The Bertz CT molecular complexity index is 442. The SMILES string of the molecule is CSCCNS(=O)(=O)c1c(N)cccc1F. The molecular weight excluding hydrogens is 251 g/mol. The number of nitrogens with two attached hydrogens (primary N) is 1. The van der Waals surface area contributed by atoms with E-state index < -0.39 is 20.7 Å². The van der Waals surface area contributed by atoms with Crippen molar-refractivity contribution in [2.24, 2.45) is 0 Å². The molecule has 0 aliphatic rings. The van der Waals surface area contributed by atoms with E-state index in [0.29, 0.717) is 5.75 Å². The van der Waals surface area contributed by atoms with Crippen LogP contribution in [0.2, 0.25) is 0 Å². The molecule has 0 saturated heterocycles. The first-order valence-corrected chi connectivity index (χ1v) is 7.39. The molecule has 1 aromatic rings. The van der Waals surface area contributed by atoms with E-state index in [1.807, 2.05) is 6.26 Å². The van der Waals surface area contributed by atoms with Gasteiger partial charge in [-0.05, 0) is 18.4 Å². The number of anilines is 1. The van der Waals surface area contributed by atoms with Crippen molar-refractivity contribution in [3.63, 3.8) is 0 Å². The number of halogens is 1. The molecule has 0 aromatic heterocycles. The van der Waals surface area contributed by atoms with Gasteiger partial charge in [-0.15, -0.1) is 0 Å². The van der Waals surface area contributed by atoms with Crippen molar-refractivity contribution in [1.29, 1.82) is 0 Å². The minimum atomic E-state index is -3.86. The molecule has 0 atom stereocenters. The molecule has 0 unspecified atom stereocenters. The van der Waals surface area contributed by atoms with Crippen LogP contribution in [-0.4, -0.2) is 27.0 Å². The third-order valence-electron chi connectivity index (χ3n) is 1.86. The Morgan fingerprint density at radius 1 is 1.50 bits per heavy atom. The topological polar surface area (TPSA) is 72.2 Å². The molecule has 0 fully saturated rings. The second-order valence-electron chi connectivity index (χ2n) is 3.05. The van der Waals surface area contributed by atoms with Gasteiger partial charge in [-0.25, -0.2) is 17.5 Å². The highest BCUT2D eigenvalue weighted by molar-refractivity contribution is 7.98. The fourth-order valence-corrected chi connectivity index (χ4v) is 2.81. The van der Waals surface area contributed by atoms with Crippen LogP contribution in [0.3, 0.4) is 0 Å². The van der Waals surface area contributed by atoms with Gasteiger partial charge in [-0.1, -0.05) is 6.07 Å². The summed E-state index contributed by atoms with van der Waals surface area (Å²) in [6.07, 6.45) is 1.85. The monoisotopic (exact) mass is 264 g/mol. The molecule has 90 valence electrons. The van der Waals surface area contributed by atoms with Crippen molar-refractivity contribution in [2.75, 3.05) is 24.3 Å². The third kappa shape index (κ3) is 3.10. The molecule has 0 radical (unpaired) electrons. The van der Waals surface area contributed by atoms with Crippen LogP contribution in [-0.2, 0) is 10.0 Å². The van der Waals surface area contributed by atoms with Crippen molar-refractivity contribution in [3.05, 3.63) is 24.0 Å². The highest BCUT2D eigenvalue weighted by Gasteiger charge is 2.21. The number of rotatable bonds is 5. The Hall–Kier alpha value is -0.790. The first kappa shape index (κ1) is 13.3. The average Bonchev–Trinajstić information content (AvgIpc) is 2.17. The molecule has 0 aliphatic heterocycles. The molecule has 3 N–H and O–H groups in total. The van der Waals surface area contributed by atoms with Crippen LogP contribution in [0.1, 0.15) is 0 Å². The lowest BCUT2D eigenvalue weighted by Gasteiger charge is -2.09. The van der Waals surface area contributed by atoms with E-state index >= 15 is 0 Å². The molecule has 0 bridgehead atoms. The van der Waals surface area contributed by atoms with Gasteiger partial charge in [0.15, 0.2) is 0 Å². The van der Waals surface area contributed by atoms with E-state index in [-0.39, 0.29) is 12.2 Å². The molecule has 0 aliphatic carbocycles. The smallest absolute Gasteiger partial charge is 0.245 e. The van der Waals surface area contributed by atoms with Gasteiger partial charge in [0.2, 0.25) is 10.0 Å². The highest BCUT2D eigenvalue weighted by Crippen LogP contribution is 2.21. The first-order chi connectivity index (χ1) is 7.49. The number of hydrogen-bond acceptors (Lipinski definition) is 4. The van der Waals surface area contributed by atoms with Gasteiger partial charge in [-0.3, -0.25) is 0 Å². The zero-order valence-electron chi connectivity index (χ0n) is 8.73. The summed E-state index contributed by atoms with van der Waals surface area (Å²) in [7, 11) is -3.86. The largest absolute Gasteiger partial charge is 0.398 e. The normalized spacial score (nSPS) is 11.6. The summed E-state index contributed by atoms with van der Waals surface area (Å²) in [6.45, 7) is 0.247. The van der Waals surface area contributed by atoms with Crippen LogP contribution in [0.15, 0.2) is 23.1 Å². The molecular formula is C9H13FN2O2S2. The standard InChI is InChI=1S/C9H13FN2O2S2/c1-15-6-5-12-16(13,14)9-7(10)3-2-4-8(9)11/h2-4,12H,5-6,11H2,1H3. The van der Waals surface area contributed by atoms with E-state index in [2.05, 4.69) is 4.72 Å². The number of thioether (sulfide) groups is 1. The van der Waals surface area contributed by atoms with E-state index in [4.69, 9.17) is 5.73 Å². The first-order valence-electron chi connectivity index (χ1n) is 4.51. The van der Waals surface area contributed by atoms with Crippen LogP contribution in [0.5, 0.6) is 0 Å². The second kappa shape index (κ2) is 5.51. The van der Waals surface area contributed by atoms with Gasteiger partial charge in [0.05, 0.1) is 5.69 Å². The van der Waals surface area contributed by atoms with Gasteiger partial charge in [0, 0.05) is 12.3 Å². The number of hydrogen-bond donors (Lipinski definition) is 2. The fourth-order valence-electron chi connectivity index (χ4n) is 1.16. The zero-order valence-corrected chi connectivity index (χ0v) is 10.4. The van der Waals surface area contributed by atoms with Crippen molar-refractivity contribution >= 4 is 27.5 Å². The number of nitrogens with one attached hydrogen (secondary N) is 1. The Morgan fingerprint density at radius 2 is 2.19 bits per heavy atom. The van der Waals surface area contributed by atoms with Crippen LogP contribution >= 0.6 is 11.8 Å². The summed E-state index contributed by atoms with van der Waals surface area (Å²) >= 11 is 1.49.